The zero-order valence-electron chi connectivity index (χ0n) is 5.64. The summed E-state index contributed by atoms with van der Waals surface area (Å²) < 4.78 is 12.7. The highest BCUT2D eigenvalue weighted by Crippen LogP contribution is 2.24. The quantitative estimate of drug-likeness (QED) is 0.714. The highest BCUT2D eigenvalue weighted by molar-refractivity contribution is 6.38. The van der Waals surface area contributed by atoms with E-state index in [-0.39, 0.29) is 10.7 Å². The van der Waals surface area contributed by atoms with Gasteiger partial charge in [0.05, 0.1) is 16.8 Å². The predicted molar refractivity (Wildman–Crippen MR) is 42.7 cm³/mol. The fraction of sp³-hybridized carbons (Fsp3) is 0. The Hall–Kier alpha value is -0.870. The van der Waals surface area contributed by atoms with Crippen molar-refractivity contribution < 1.29 is 9.18 Å². The van der Waals surface area contributed by atoms with Crippen LogP contribution >= 0.6 is 23.2 Å². The zero-order chi connectivity index (χ0) is 9.30. The molecule has 1 aromatic heterocycles. The van der Waals surface area contributed by atoms with E-state index in [0.29, 0.717) is 0 Å². The van der Waals surface area contributed by atoms with Crippen LogP contribution in [0.1, 0.15) is 10.4 Å². The van der Waals surface area contributed by atoms with Crippen molar-refractivity contribution in [2.24, 2.45) is 5.73 Å². The number of carbonyl (C=O) groups excluding carboxylic acids is 1. The highest BCUT2D eigenvalue weighted by Gasteiger charge is 2.16. The fourth-order valence-electron chi connectivity index (χ4n) is 0.654. The van der Waals surface area contributed by atoms with Gasteiger partial charge < -0.3 is 5.73 Å². The Labute approximate surface area is 77.3 Å². The van der Waals surface area contributed by atoms with E-state index in [9.17, 15) is 9.18 Å². The van der Waals surface area contributed by atoms with Gasteiger partial charge in [-0.1, -0.05) is 23.2 Å². The first-order chi connectivity index (χ1) is 5.54. The number of hydrogen-bond acceptors (Lipinski definition) is 2. The maximum Gasteiger partial charge on any atom is 0.253 e. The minimum atomic E-state index is -0.906. The van der Waals surface area contributed by atoms with Crippen molar-refractivity contribution in [3.05, 3.63) is 27.8 Å². The molecule has 1 aromatic rings. The average Bonchev–Trinajstić information content (AvgIpc) is 1.97. The Kier molecular flexibility index (Phi) is 2.49. The van der Waals surface area contributed by atoms with E-state index in [4.69, 9.17) is 28.9 Å². The first kappa shape index (κ1) is 9.22. The summed E-state index contributed by atoms with van der Waals surface area (Å²) in [5, 5.41) is -0.601. The van der Waals surface area contributed by atoms with Crippen molar-refractivity contribution in [1.29, 1.82) is 0 Å². The van der Waals surface area contributed by atoms with Gasteiger partial charge in [-0.2, -0.15) is 0 Å². The van der Waals surface area contributed by atoms with Gasteiger partial charge in [-0.05, 0) is 0 Å². The standard InChI is InChI=1S/C6H3Cl2FN2O/c7-4-2(9)1-11-5(8)3(4)6(10)12/h1H,(H2,10,12). The Morgan fingerprint density at radius 3 is 2.58 bits per heavy atom. The van der Waals surface area contributed by atoms with Gasteiger partial charge in [-0.15, -0.1) is 0 Å². The minimum absolute atomic E-state index is 0.200. The molecule has 0 aliphatic heterocycles. The molecule has 0 spiro atoms. The number of primary amides is 1. The van der Waals surface area contributed by atoms with E-state index in [1.165, 1.54) is 0 Å². The summed E-state index contributed by atoms with van der Waals surface area (Å²) in [5.41, 5.74) is 4.58. The number of carbonyl (C=O) groups is 1. The lowest BCUT2D eigenvalue weighted by Gasteiger charge is -2.01. The smallest absolute Gasteiger partial charge is 0.253 e. The van der Waals surface area contributed by atoms with Gasteiger partial charge in [0.1, 0.15) is 5.15 Å². The summed E-state index contributed by atoms with van der Waals surface area (Å²) in [7, 11) is 0. The number of hydrogen-bond donors (Lipinski definition) is 1. The molecule has 64 valence electrons. The molecule has 0 unspecified atom stereocenters. The molecule has 0 saturated carbocycles. The van der Waals surface area contributed by atoms with Crippen molar-refractivity contribution >= 4 is 29.1 Å². The molecule has 1 heterocycles. The molecule has 3 nitrogen and oxygen atoms in total. The van der Waals surface area contributed by atoms with Crippen LogP contribution in [-0.4, -0.2) is 10.9 Å². The van der Waals surface area contributed by atoms with E-state index >= 15 is 0 Å². The van der Waals surface area contributed by atoms with E-state index < -0.39 is 16.7 Å². The molecule has 0 aliphatic rings. The Morgan fingerprint density at radius 1 is 1.58 bits per heavy atom. The SMILES string of the molecule is NC(=O)c1c(Cl)ncc(F)c1Cl. The second-order valence-corrected chi connectivity index (χ2v) is 2.69. The molecular formula is C6H3Cl2FN2O. The molecular weight excluding hydrogens is 206 g/mol. The van der Waals surface area contributed by atoms with Crippen LogP contribution in [-0.2, 0) is 0 Å². The summed E-state index contributed by atoms with van der Waals surface area (Å²) in [5.74, 6) is -1.73. The topological polar surface area (TPSA) is 56.0 Å². The highest BCUT2D eigenvalue weighted by atomic mass is 35.5. The lowest BCUT2D eigenvalue weighted by molar-refractivity contribution is 0.1000. The number of pyridine rings is 1. The van der Waals surface area contributed by atoms with Gasteiger partial charge in [-0.25, -0.2) is 9.37 Å². The van der Waals surface area contributed by atoms with Crippen LogP contribution in [0.15, 0.2) is 6.20 Å². The van der Waals surface area contributed by atoms with E-state index in [1.54, 1.807) is 0 Å². The Bertz CT molecular complexity index is 343. The molecule has 12 heavy (non-hydrogen) atoms. The number of halogens is 3. The van der Waals surface area contributed by atoms with Gasteiger partial charge >= 0.3 is 0 Å². The second-order valence-electron chi connectivity index (χ2n) is 1.95. The maximum atomic E-state index is 12.7. The summed E-state index contributed by atoms with van der Waals surface area (Å²) in [4.78, 5) is 14.0. The van der Waals surface area contributed by atoms with Crippen molar-refractivity contribution in [3.63, 3.8) is 0 Å². The summed E-state index contributed by atoms with van der Waals surface area (Å²) in [6.07, 6.45) is 0.817. The van der Waals surface area contributed by atoms with Crippen LogP contribution < -0.4 is 5.73 Å². The van der Waals surface area contributed by atoms with Gasteiger partial charge in [-0.3, -0.25) is 4.79 Å². The fourth-order valence-corrected chi connectivity index (χ4v) is 1.17. The average molecular weight is 209 g/mol. The number of rotatable bonds is 1. The summed E-state index contributed by atoms with van der Waals surface area (Å²) in [6, 6.07) is 0. The molecule has 0 saturated heterocycles. The van der Waals surface area contributed by atoms with Crippen LogP contribution in [0.2, 0.25) is 10.2 Å². The van der Waals surface area contributed by atoms with Gasteiger partial charge in [0, 0.05) is 0 Å². The van der Waals surface area contributed by atoms with Gasteiger partial charge in [0.15, 0.2) is 5.82 Å². The third-order valence-electron chi connectivity index (χ3n) is 1.17. The van der Waals surface area contributed by atoms with E-state index in [2.05, 4.69) is 4.98 Å². The van der Waals surface area contributed by atoms with Crippen LogP contribution in [0.4, 0.5) is 4.39 Å². The third-order valence-corrected chi connectivity index (χ3v) is 1.83. The number of nitrogens with two attached hydrogens (primary N) is 1. The molecule has 6 heteroatoms. The monoisotopic (exact) mass is 208 g/mol. The number of amides is 1. The number of nitrogens with zero attached hydrogens (tertiary/aromatic N) is 1. The first-order valence-electron chi connectivity index (χ1n) is 2.83. The molecule has 0 aromatic carbocycles. The maximum absolute atomic E-state index is 12.7. The Morgan fingerprint density at radius 2 is 2.17 bits per heavy atom. The van der Waals surface area contributed by atoms with Crippen LogP contribution in [0.5, 0.6) is 0 Å². The van der Waals surface area contributed by atoms with E-state index in [0.717, 1.165) is 6.20 Å². The van der Waals surface area contributed by atoms with Crippen LogP contribution in [0.25, 0.3) is 0 Å². The van der Waals surface area contributed by atoms with Crippen molar-refractivity contribution in [1.82, 2.24) is 4.98 Å². The molecule has 1 rings (SSSR count). The van der Waals surface area contributed by atoms with E-state index in [1.807, 2.05) is 0 Å². The lowest BCUT2D eigenvalue weighted by Crippen LogP contribution is -2.13. The lowest BCUT2D eigenvalue weighted by atomic mass is 10.3. The van der Waals surface area contributed by atoms with Crippen LogP contribution in [0.3, 0.4) is 0 Å². The van der Waals surface area contributed by atoms with Crippen LogP contribution in [0, 0.1) is 5.82 Å². The normalized spacial score (nSPS) is 9.92. The first-order valence-corrected chi connectivity index (χ1v) is 3.59. The Balaban J connectivity index is 3.43. The second kappa shape index (κ2) is 3.25. The predicted octanol–water partition coefficient (Wildman–Crippen LogP) is 1.63. The summed E-state index contributed by atoms with van der Waals surface area (Å²) >= 11 is 10.8. The molecule has 0 radical (unpaired) electrons. The van der Waals surface area contributed by atoms with Gasteiger partial charge in [0.25, 0.3) is 5.91 Å². The summed E-state index contributed by atoms with van der Waals surface area (Å²) in [6.45, 7) is 0. The molecule has 0 bridgehead atoms. The largest absolute Gasteiger partial charge is 0.365 e. The van der Waals surface area contributed by atoms with Crippen molar-refractivity contribution in [3.8, 4) is 0 Å². The van der Waals surface area contributed by atoms with Crippen molar-refractivity contribution in [2.45, 2.75) is 0 Å². The molecule has 0 atom stereocenters. The molecule has 2 N–H and O–H groups in total. The zero-order valence-corrected chi connectivity index (χ0v) is 7.16. The van der Waals surface area contributed by atoms with Gasteiger partial charge in [0.2, 0.25) is 0 Å². The molecule has 0 fully saturated rings. The number of aromatic nitrogens is 1. The third kappa shape index (κ3) is 1.49. The molecule has 0 aliphatic carbocycles. The molecule has 1 amide bonds. The minimum Gasteiger partial charge on any atom is -0.365 e. The van der Waals surface area contributed by atoms with Crippen molar-refractivity contribution in [2.75, 3.05) is 0 Å².